The molecule has 192 valence electrons. The van der Waals surface area contributed by atoms with E-state index >= 15 is 4.39 Å². The lowest BCUT2D eigenvalue weighted by Crippen LogP contribution is -2.35. The van der Waals surface area contributed by atoms with Crippen LogP contribution in [-0.4, -0.2) is 62.0 Å². The molecule has 0 spiro atoms. The van der Waals surface area contributed by atoms with E-state index in [1.165, 1.54) is 22.2 Å². The second-order valence-electron chi connectivity index (χ2n) is 8.89. The number of hydrogen-bond acceptors (Lipinski definition) is 6. The number of para-hydroxylation sites is 1. The summed E-state index contributed by atoms with van der Waals surface area (Å²) in [6, 6.07) is 13.1. The molecule has 1 fully saturated rings. The van der Waals surface area contributed by atoms with Crippen LogP contribution in [0.3, 0.4) is 0 Å². The fourth-order valence-electron chi connectivity index (χ4n) is 4.57. The fourth-order valence-corrected chi connectivity index (χ4v) is 6.11. The maximum absolute atomic E-state index is 15.1. The van der Waals surface area contributed by atoms with Crippen LogP contribution < -0.4 is 10.2 Å². The standard InChI is InChI=1S/C26H25FN4O5S/c1-17(32)29-15-21-16-31(26(33)36-21)20-7-8-22(23(27)14-20)18-9-12-30(13-10-18)37(34,35)24-6-2-4-19-5-3-11-28-25(19)24/h2-9,11,14,21H,10,12-13,15-16H2,1H3,(H,29,32)/t21-/m0/s1. The highest BCUT2D eigenvalue weighted by Crippen LogP contribution is 2.32. The molecule has 2 aliphatic heterocycles. The number of aromatic nitrogens is 1. The minimum absolute atomic E-state index is 0.103. The van der Waals surface area contributed by atoms with Crippen LogP contribution in [-0.2, 0) is 19.6 Å². The average molecular weight is 525 g/mol. The van der Waals surface area contributed by atoms with Crippen molar-refractivity contribution in [2.24, 2.45) is 0 Å². The lowest BCUT2D eigenvalue weighted by Gasteiger charge is -2.26. The number of pyridine rings is 1. The van der Waals surface area contributed by atoms with E-state index < -0.39 is 28.0 Å². The molecule has 11 heteroatoms. The lowest BCUT2D eigenvalue weighted by molar-refractivity contribution is -0.119. The average Bonchev–Trinajstić information content (AvgIpc) is 3.27. The number of carbonyl (C=O) groups is 2. The van der Waals surface area contributed by atoms with Gasteiger partial charge in [0.1, 0.15) is 16.8 Å². The van der Waals surface area contributed by atoms with Gasteiger partial charge in [0, 0.05) is 37.2 Å². The van der Waals surface area contributed by atoms with Gasteiger partial charge in [-0.15, -0.1) is 0 Å². The highest BCUT2D eigenvalue weighted by atomic mass is 32.2. The number of rotatable bonds is 6. The highest BCUT2D eigenvalue weighted by molar-refractivity contribution is 7.89. The topological polar surface area (TPSA) is 109 Å². The van der Waals surface area contributed by atoms with E-state index in [1.807, 2.05) is 12.1 Å². The van der Waals surface area contributed by atoms with Crippen molar-refractivity contribution < 1.29 is 27.1 Å². The zero-order valence-electron chi connectivity index (χ0n) is 20.1. The molecule has 0 radical (unpaired) electrons. The Labute approximate surface area is 213 Å². The zero-order valence-corrected chi connectivity index (χ0v) is 20.9. The third kappa shape index (κ3) is 4.92. The summed E-state index contributed by atoms with van der Waals surface area (Å²) in [5, 5.41) is 3.34. The smallest absolute Gasteiger partial charge is 0.414 e. The van der Waals surface area contributed by atoms with E-state index in [0.29, 0.717) is 28.8 Å². The summed E-state index contributed by atoms with van der Waals surface area (Å²) in [5.74, 6) is -0.748. The third-order valence-electron chi connectivity index (χ3n) is 6.45. The minimum Gasteiger partial charge on any atom is -0.442 e. The number of ether oxygens (including phenoxy) is 1. The largest absolute Gasteiger partial charge is 0.442 e. The van der Waals surface area contributed by atoms with Crippen molar-refractivity contribution in [1.82, 2.24) is 14.6 Å². The fraction of sp³-hybridized carbons (Fsp3) is 0.269. The molecule has 5 rings (SSSR count). The van der Waals surface area contributed by atoms with Crippen LogP contribution in [0.15, 0.2) is 65.7 Å². The van der Waals surface area contributed by atoms with E-state index in [0.717, 1.165) is 5.39 Å². The van der Waals surface area contributed by atoms with Gasteiger partial charge < -0.3 is 10.1 Å². The predicted molar refractivity (Wildman–Crippen MR) is 136 cm³/mol. The van der Waals surface area contributed by atoms with Crippen LogP contribution in [0, 0.1) is 5.82 Å². The van der Waals surface area contributed by atoms with Gasteiger partial charge in [-0.2, -0.15) is 4.31 Å². The van der Waals surface area contributed by atoms with Gasteiger partial charge in [0.15, 0.2) is 0 Å². The van der Waals surface area contributed by atoms with E-state index in [4.69, 9.17) is 4.74 Å². The Hall–Kier alpha value is -3.83. The SMILES string of the molecule is CC(=O)NC[C@H]1CN(c2ccc(C3=CCN(S(=O)(=O)c4cccc5cccnc45)CC3)c(F)c2)C(=O)O1. The highest BCUT2D eigenvalue weighted by Gasteiger charge is 2.33. The van der Waals surface area contributed by atoms with E-state index in [9.17, 15) is 18.0 Å². The van der Waals surface area contributed by atoms with Gasteiger partial charge in [0.25, 0.3) is 0 Å². The second-order valence-corrected chi connectivity index (χ2v) is 10.8. The summed E-state index contributed by atoms with van der Waals surface area (Å²) in [6.45, 7) is 2.04. The van der Waals surface area contributed by atoms with Crippen molar-refractivity contribution in [2.45, 2.75) is 24.3 Å². The van der Waals surface area contributed by atoms with Gasteiger partial charge in [0.05, 0.1) is 24.3 Å². The maximum Gasteiger partial charge on any atom is 0.414 e. The molecule has 0 bridgehead atoms. The van der Waals surface area contributed by atoms with Crippen LogP contribution in [0.4, 0.5) is 14.9 Å². The second kappa shape index (κ2) is 9.91. The van der Waals surface area contributed by atoms with Gasteiger partial charge in [0.2, 0.25) is 15.9 Å². The number of sulfonamides is 1. The molecular weight excluding hydrogens is 499 g/mol. The number of anilines is 1. The van der Waals surface area contributed by atoms with E-state index in [2.05, 4.69) is 10.3 Å². The molecule has 9 nitrogen and oxygen atoms in total. The quantitative estimate of drug-likeness (QED) is 0.530. The number of fused-ring (bicyclic) bond motifs is 1. The number of amides is 2. The maximum atomic E-state index is 15.1. The van der Waals surface area contributed by atoms with Crippen LogP contribution in [0.5, 0.6) is 0 Å². The van der Waals surface area contributed by atoms with Crippen molar-refractivity contribution in [2.75, 3.05) is 31.1 Å². The molecule has 1 N–H and O–H groups in total. The van der Waals surface area contributed by atoms with Crippen molar-refractivity contribution >= 4 is 44.2 Å². The molecule has 2 amide bonds. The molecule has 1 aromatic heterocycles. The Kier molecular flexibility index (Phi) is 6.65. The van der Waals surface area contributed by atoms with E-state index in [-0.39, 0.29) is 37.0 Å². The summed E-state index contributed by atoms with van der Waals surface area (Å²) in [7, 11) is -3.80. The molecule has 37 heavy (non-hydrogen) atoms. The lowest BCUT2D eigenvalue weighted by atomic mass is 9.99. The first-order valence-electron chi connectivity index (χ1n) is 11.8. The van der Waals surface area contributed by atoms with Gasteiger partial charge >= 0.3 is 6.09 Å². The molecule has 1 saturated heterocycles. The first-order valence-corrected chi connectivity index (χ1v) is 13.2. The molecule has 2 aliphatic rings. The summed E-state index contributed by atoms with van der Waals surface area (Å²) >= 11 is 0. The summed E-state index contributed by atoms with van der Waals surface area (Å²) in [5.41, 5.74) is 1.82. The summed E-state index contributed by atoms with van der Waals surface area (Å²) < 4.78 is 48.4. The number of cyclic esters (lactones) is 1. The van der Waals surface area contributed by atoms with Gasteiger partial charge in [-0.05, 0) is 42.3 Å². The molecular formula is C26H25FN4O5S. The molecule has 0 aliphatic carbocycles. The minimum atomic E-state index is -3.80. The number of carbonyl (C=O) groups excluding carboxylic acids is 2. The Morgan fingerprint density at radius 3 is 2.76 bits per heavy atom. The molecule has 3 heterocycles. The predicted octanol–water partition coefficient (Wildman–Crippen LogP) is 3.31. The van der Waals surface area contributed by atoms with E-state index in [1.54, 1.807) is 42.6 Å². The summed E-state index contributed by atoms with van der Waals surface area (Å²) in [6.07, 6.45) is 2.48. The third-order valence-corrected chi connectivity index (χ3v) is 8.35. The van der Waals surface area contributed by atoms with Crippen LogP contribution in [0.1, 0.15) is 18.9 Å². The zero-order chi connectivity index (χ0) is 26.2. The molecule has 0 unspecified atom stereocenters. The number of halogens is 1. The normalized spacial score (nSPS) is 18.5. The monoisotopic (exact) mass is 524 g/mol. The number of nitrogens with zero attached hydrogens (tertiary/aromatic N) is 3. The number of hydrogen-bond donors (Lipinski definition) is 1. The Morgan fingerprint density at radius 2 is 2.03 bits per heavy atom. The Morgan fingerprint density at radius 1 is 1.22 bits per heavy atom. The van der Waals surface area contributed by atoms with Crippen molar-refractivity contribution in [3.63, 3.8) is 0 Å². The van der Waals surface area contributed by atoms with Gasteiger partial charge in [-0.3, -0.25) is 14.7 Å². The number of benzene rings is 2. The number of nitrogens with one attached hydrogen (secondary N) is 1. The molecule has 1 atom stereocenters. The van der Waals surface area contributed by atoms with Crippen LogP contribution >= 0.6 is 0 Å². The first-order chi connectivity index (χ1) is 17.7. The first kappa shape index (κ1) is 24.8. The van der Waals surface area contributed by atoms with Crippen LogP contribution in [0.25, 0.3) is 16.5 Å². The molecule has 2 aromatic carbocycles. The molecule has 0 saturated carbocycles. The van der Waals surface area contributed by atoms with Crippen molar-refractivity contribution in [3.8, 4) is 0 Å². The van der Waals surface area contributed by atoms with Gasteiger partial charge in [-0.1, -0.05) is 24.3 Å². The van der Waals surface area contributed by atoms with Gasteiger partial charge in [-0.25, -0.2) is 17.6 Å². The Balaban J connectivity index is 1.31. The van der Waals surface area contributed by atoms with Crippen molar-refractivity contribution in [3.05, 3.63) is 72.2 Å². The van der Waals surface area contributed by atoms with Crippen molar-refractivity contribution in [1.29, 1.82) is 0 Å². The summed E-state index contributed by atoms with van der Waals surface area (Å²) in [4.78, 5) is 29.1. The van der Waals surface area contributed by atoms with Crippen LogP contribution in [0.2, 0.25) is 0 Å². The molecule has 3 aromatic rings. The Bertz CT molecular complexity index is 1520.